The lowest BCUT2D eigenvalue weighted by Gasteiger charge is -2.23. The highest BCUT2D eigenvalue weighted by atomic mass is 32.1. The fourth-order valence-electron chi connectivity index (χ4n) is 2.27. The van der Waals surface area contributed by atoms with Gasteiger partial charge in [-0.25, -0.2) is 4.98 Å². The van der Waals surface area contributed by atoms with E-state index >= 15 is 0 Å². The Labute approximate surface area is 101 Å². The second-order valence-electron chi connectivity index (χ2n) is 4.36. The van der Waals surface area contributed by atoms with Crippen molar-refractivity contribution in [2.75, 3.05) is 6.54 Å². The van der Waals surface area contributed by atoms with Crippen molar-refractivity contribution in [1.82, 2.24) is 10.3 Å². The Morgan fingerprint density at radius 2 is 2.50 bits per heavy atom. The summed E-state index contributed by atoms with van der Waals surface area (Å²) in [4.78, 5) is 4.35. The molecule has 1 N–H and O–H groups in total. The van der Waals surface area contributed by atoms with Gasteiger partial charge >= 0.3 is 0 Å². The Kier molecular flexibility index (Phi) is 4.32. The normalized spacial score (nSPS) is 27.1. The SMILES string of the molecule is CCNC(Cc1nccs1)C1CCC(C)O1. The molecular formula is C12H20N2OS. The average Bonchev–Trinajstić information content (AvgIpc) is 2.88. The molecule has 3 nitrogen and oxygen atoms in total. The van der Waals surface area contributed by atoms with E-state index in [0.717, 1.165) is 13.0 Å². The molecule has 16 heavy (non-hydrogen) atoms. The molecule has 0 spiro atoms. The Hall–Kier alpha value is -0.450. The molecule has 0 aromatic carbocycles. The Balaban J connectivity index is 1.94. The maximum Gasteiger partial charge on any atom is 0.0941 e. The Morgan fingerprint density at radius 3 is 3.06 bits per heavy atom. The van der Waals surface area contributed by atoms with Crippen molar-refractivity contribution in [1.29, 1.82) is 0 Å². The van der Waals surface area contributed by atoms with Crippen LogP contribution in [-0.4, -0.2) is 29.8 Å². The molecule has 3 atom stereocenters. The molecular weight excluding hydrogens is 220 g/mol. The fourth-order valence-corrected chi connectivity index (χ4v) is 2.94. The predicted molar refractivity (Wildman–Crippen MR) is 66.9 cm³/mol. The zero-order chi connectivity index (χ0) is 11.4. The fraction of sp³-hybridized carbons (Fsp3) is 0.750. The lowest BCUT2D eigenvalue weighted by molar-refractivity contribution is 0.0324. The number of likely N-dealkylation sites (N-methyl/N-ethyl adjacent to an activating group) is 1. The summed E-state index contributed by atoms with van der Waals surface area (Å²) in [5.41, 5.74) is 0. The second kappa shape index (κ2) is 5.75. The predicted octanol–water partition coefficient (Wildman–Crippen LogP) is 2.23. The molecule has 0 bridgehead atoms. The largest absolute Gasteiger partial charge is 0.374 e. The maximum absolute atomic E-state index is 5.94. The molecule has 0 aliphatic carbocycles. The van der Waals surface area contributed by atoms with Gasteiger partial charge in [0.05, 0.1) is 17.2 Å². The van der Waals surface area contributed by atoms with E-state index in [2.05, 4.69) is 24.1 Å². The number of ether oxygens (including phenoxy) is 1. The molecule has 0 amide bonds. The van der Waals surface area contributed by atoms with Crippen molar-refractivity contribution in [3.05, 3.63) is 16.6 Å². The minimum Gasteiger partial charge on any atom is -0.374 e. The number of hydrogen-bond donors (Lipinski definition) is 1. The van der Waals surface area contributed by atoms with Crippen LogP contribution in [0.5, 0.6) is 0 Å². The summed E-state index contributed by atoms with van der Waals surface area (Å²) in [7, 11) is 0. The molecule has 1 aliphatic heterocycles. The van der Waals surface area contributed by atoms with Crippen molar-refractivity contribution >= 4 is 11.3 Å². The van der Waals surface area contributed by atoms with Gasteiger partial charge in [0.25, 0.3) is 0 Å². The van der Waals surface area contributed by atoms with Crippen molar-refractivity contribution in [2.45, 2.75) is 51.4 Å². The van der Waals surface area contributed by atoms with Crippen LogP contribution in [0, 0.1) is 0 Å². The Morgan fingerprint density at radius 1 is 1.62 bits per heavy atom. The van der Waals surface area contributed by atoms with Crippen LogP contribution < -0.4 is 5.32 Å². The highest BCUT2D eigenvalue weighted by Crippen LogP contribution is 2.23. The topological polar surface area (TPSA) is 34.2 Å². The lowest BCUT2D eigenvalue weighted by Crippen LogP contribution is -2.41. The van der Waals surface area contributed by atoms with E-state index < -0.39 is 0 Å². The molecule has 3 unspecified atom stereocenters. The van der Waals surface area contributed by atoms with Crippen LogP contribution in [0.3, 0.4) is 0 Å². The maximum atomic E-state index is 5.94. The van der Waals surface area contributed by atoms with Crippen LogP contribution in [0.25, 0.3) is 0 Å². The van der Waals surface area contributed by atoms with Crippen LogP contribution in [0.1, 0.15) is 31.7 Å². The zero-order valence-corrected chi connectivity index (χ0v) is 10.8. The lowest BCUT2D eigenvalue weighted by atomic mass is 10.0. The van der Waals surface area contributed by atoms with Crippen LogP contribution in [0.2, 0.25) is 0 Å². The molecule has 2 heterocycles. The quantitative estimate of drug-likeness (QED) is 0.857. The monoisotopic (exact) mass is 240 g/mol. The molecule has 4 heteroatoms. The van der Waals surface area contributed by atoms with Crippen LogP contribution in [-0.2, 0) is 11.2 Å². The number of rotatable bonds is 5. The van der Waals surface area contributed by atoms with Gasteiger partial charge in [0, 0.05) is 24.0 Å². The summed E-state index contributed by atoms with van der Waals surface area (Å²) >= 11 is 1.73. The van der Waals surface area contributed by atoms with Gasteiger partial charge in [0.2, 0.25) is 0 Å². The summed E-state index contributed by atoms with van der Waals surface area (Å²) in [6.45, 7) is 5.30. The summed E-state index contributed by atoms with van der Waals surface area (Å²) in [6.07, 6.45) is 6.00. The van der Waals surface area contributed by atoms with Gasteiger partial charge in [-0.15, -0.1) is 11.3 Å². The number of hydrogen-bond acceptors (Lipinski definition) is 4. The van der Waals surface area contributed by atoms with E-state index in [-0.39, 0.29) is 0 Å². The smallest absolute Gasteiger partial charge is 0.0941 e. The summed E-state index contributed by atoms with van der Waals surface area (Å²) < 4.78 is 5.94. The highest BCUT2D eigenvalue weighted by molar-refractivity contribution is 7.09. The van der Waals surface area contributed by atoms with Crippen molar-refractivity contribution in [2.24, 2.45) is 0 Å². The molecule has 1 saturated heterocycles. The summed E-state index contributed by atoms with van der Waals surface area (Å²) in [5, 5.41) is 6.77. The van der Waals surface area contributed by atoms with Gasteiger partial charge in [-0.3, -0.25) is 0 Å². The first-order chi connectivity index (χ1) is 7.79. The van der Waals surface area contributed by atoms with Crippen LogP contribution >= 0.6 is 11.3 Å². The highest BCUT2D eigenvalue weighted by Gasteiger charge is 2.29. The summed E-state index contributed by atoms with van der Waals surface area (Å²) in [5.74, 6) is 0. The van der Waals surface area contributed by atoms with Gasteiger partial charge in [-0.1, -0.05) is 6.92 Å². The van der Waals surface area contributed by atoms with Gasteiger partial charge < -0.3 is 10.1 Å². The van der Waals surface area contributed by atoms with Gasteiger partial charge in [0.15, 0.2) is 0 Å². The first-order valence-corrected chi connectivity index (χ1v) is 6.94. The van der Waals surface area contributed by atoms with Gasteiger partial charge in [-0.05, 0) is 26.3 Å². The van der Waals surface area contributed by atoms with E-state index in [9.17, 15) is 0 Å². The number of thiazole rings is 1. The van der Waals surface area contributed by atoms with E-state index in [4.69, 9.17) is 4.74 Å². The van der Waals surface area contributed by atoms with Gasteiger partial charge in [0.1, 0.15) is 0 Å². The van der Waals surface area contributed by atoms with E-state index in [1.165, 1.54) is 17.8 Å². The number of aromatic nitrogens is 1. The molecule has 1 aliphatic rings. The number of nitrogens with one attached hydrogen (secondary N) is 1. The van der Waals surface area contributed by atoms with Crippen molar-refractivity contribution in [3.63, 3.8) is 0 Å². The van der Waals surface area contributed by atoms with Gasteiger partial charge in [-0.2, -0.15) is 0 Å². The molecule has 90 valence electrons. The third kappa shape index (κ3) is 3.03. The third-order valence-corrected chi connectivity index (χ3v) is 3.86. The first-order valence-electron chi connectivity index (χ1n) is 6.06. The molecule has 1 aromatic rings. The Bertz CT molecular complexity index is 302. The standard InChI is InChI=1S/C12H20N2OS/c1-3-13-10(8-12-14-6-7-16-12)11-5-4-9(2)15-11/h6-7,9-11,13H,3-5,8H2,1-2H3. The van der Waals surface area contributed by atoms with Crippen LogP contribution in [0.15, 0.2) is 11.6 Å². The first kappa shape index (κ1) is 12.0. The minimum absolute atomic E-state index is 0.360. The molecule has 0 radical (unpaired) electrons. The minimum atomic E-state index is 0.360. The van der Waals surface area contributed by atoms with E-state index in [1.54, 1.807) is 11.3 Å². The van der Waals surface area contributed by atoms with Crippen molar-refractivity contribution < 1.29 is 4.74 Å². The van der Waals surface area contributed by atoms with E-state index in [0.29, 0.717) is 18.2 Å². The number of nitrogens with zero attached hydrogens (tertiary/aromatic N) is 1. The van der Waals surface area contributed by atoms with Crippen LogP contribution in [0.4, 0.5) is 0 Å². The molecule has 1 aromatic heterocycles. The van der Waals surface area contributed by atoms with Crippen molar-refractivity contribution in [3.8, 4) is 0 Å². The molecule has 2 rings (SSSR count). The zero-order valence-electron chi connectivity index (χ0n) is 9.98. The third-order valence-electron chi connectivity index (χ3n) is 3.06. The molecule has 0 saturated carbocycles. The second-order valence-corrected chi connectivity index (χ2v) is 5.34. The van der Waals surface area contributed by atoms with E-state index in [1.807, 2.05) is 11.6 Å². The average molecular weight is 240 g/mol. The molecule has 1 fully saturated rings. The summed E-state index contributed by atoms with van der Waals surface area (Å²) in [6, 6.07) is 0.418.